The van der Waals surface area contributed by atoms with Crippen molar-refractivity contribution in [1.82, 2.24) is 20.4 Å². The average molecular weight is 217 g/mol. The predicted molar refractivity (Wildman–Crippen MR) is 55.8 cm³/mol. The minimum absolute atomic E-state index is 0.0655. The molecule has 0 fully saturated rings. The van der Waals surface area contributed by atoms with Crippen molar-refractivity contribution in [2.45, 2.75) is 26.3 Å². The Balaban J connectivity index is 2.68. The minimum atomic E-state index is -0.103. The Morgan fingerprint density at radius 2 is 1.86 bits per heavy atom. The molecular formula is C7H13ClN6. The molecule has 0 aliphatic carbocycles. The molecule has 1 rings (SSSR count). The van der Waals surface area contributed by atoms with Gasteiger partial charge in [0.05, 0.1) is 0 Å². The van der Waals surface area contributed by atoms with Crippen LogP contribution in [0.2, 0.25) is 5.28 Å². The number of hydrogen-bond acceptors (Lipinski definition) is 6. The largest absolute Gasteiger partial charge is 0.368 e. The fourth-order valence-corrected chi connectivity index (χ4v) is 0.831. The van der Waals surface area contributed by atoms with Crippen LogP contribution in [0.3, 0.4) is 0 Å². The molecule has 0 aliphatic heterocycles. The number of nitrogen functional groups attached to an aromatic ring is 1. The Kier molecular flexibility index (Phi) is 3.07. The van der Waals surface area contributed by atoms with Crippen LogP contribution in [0, 0.1) is 0 Å². The summed E-state index contributed by atoms with van der Waals surface area (Å²) in [6.45, 7) is 5.98. The molecule has 0 amide bonds. The molecule has 0 unspecified atom stereocenters. The smallest absolute Gasteiger partial charge is 0.243 e. The molecule has 1 aromatic rings. The predicted octanol–water partition coefficient (Wildman–Crippen LogP) is 0.822. The Morgan fingerprint density at radius 3 is 2.36 bits per heavy atom. The van der Waals surface area contributed by atoms with Crippen molar-refractivity contribution in [3.05, 3.63) is 5.28 Å². The molecule has 0 aliphatic rings. The van der Waals surface area contributed by atoms with Gasteiger partial charge in [0.25, 0.3) is 0 Å². The zero-order valence-corrected chi connectivity index (χ0v) is 9.05. The van der Waals surface area contributed by atoms with Gasteiger partial charge in [0.1, 0.15) is 0 Å². The molecule has 78 valence electrons. The molecular weight excluding hydrogens is 204 g/mol. The molecule has 1 aromatic heterocycles. The van der Waals surface area contributed by atoms with E-state index in [2.05, 4.69) is 25.8 Å². The normalized spacial score (nSPS) is 11.4. The zero-order valence-electron chi connectivity index (χ0n) is 8.30. The van der Waals surface area contributed by atoms with E-state index in [-0.39, 0.29) is 16.8 Å². The van der Waals surface area contributed by atoms with Gasteiger partial charge in [0.15, 0.2) is 0 Å². The summed E-state index contributed by atoms with van der Waals surface area (Å²) in [6, 6.07) is 0. The summed E-state index contributed by atoms with van der Waals surface area (Å²) >= 11 is 5.59. The molecule has 0 aromatic carbocycles. The lowest BCUT2D eigenvalue weighted by Crippen LogP contribution is -2.40. The lowest BCUT2D eigenvalue weighted by molar-refractivity contribution is 0.463. The van der Waals surface area contributed by atoms with Crippen molar-refractivity contribution in [2.24, 2.45) is 0 Å². The van der Waals surface area contributed by atoms with Gasteiger partial charge in [-0.25, -0.2) is 5.43 Å². The third kappa shape index (κ3) is 3.71. The van der Waals surface area contributed by atoms with E-state index in [9.17, 15) is 0 Å². The second-order valence-electron chi connectivity index (χ2n) is 3.79. The summed E-state index contributed by atoms with van der Waals surface area (Å²) in [5.41, 5.74) is 11.0. The molecule has 0 spiro atoms. The molecule has 0 atom stereocenters. The van der Waals surface area contributed by atoms with Crippen LogP contribution in [0.25, 0.3) is 0 Å². The van der Waals surface area contributed by atoms with E-state index in [1.54, 1.807) is 0 Å². The SMILES string of the molecule is CC(C)(C)NNc1nc(N)nc(Cl)n1. The first-order chi connectivity index (χ1) is 6.37. The highest BCUT2D eigenvalue weighted by Gasteiger charge is 2.09. The summed E-state index contributed by atoms with van der Waals surface area (Å²) < 4.78 is 0. The van der Waals surface area contributed by atoms with Crippen molar-refractivity contribution in [3.63, 3.8) is 0 Å². The Labute approximate surface area is 87.3 Å². The van der Waals surface area contributed by atoms with E-state index in [0.717, 1.165) is 0 Å². The molecule has 0 saturated heterocycles. The number of anilines is 2. The van der Waals surface area contributed by atoms with Gasteiger partial charge in [-0.05, 0) is 32.4 Å². The number of nitrogens with zero attached hydrogens (tertiary/aromatic N) is 3. The van der Waals surface area contributed by atoms with Gasteiger partial charge in [-0.2, -0.15) is 15.0 Å². The highest BCUT2D eigenvalue weighted by Crippen LogP contribution is 2.07. The second-order valence-corrected chi connectivity index (χ2v) is 4.12. The van der Waals surface area contributed by atoms with Gasteiger partial charge in [0.2, 0.25) is 17.2 Å². The van der Waals surface area contributed by atoms with E-state index in [1.807, 2.05) is 20.8 Å². The van der Waals surface area contributed by atoms with Crippen molar-refractivity contribution in [2.75, 3.05) is 11.2 Å². The number of rotatable bonds is 2. The van der Waals surface area contributed by atoms with Crippen molar-refractivity contribution in [1.29, 1.82) is 0 Å². The maximum absolute atomic E-state index is 5.59. The summed E-state index contributed by atoms with van der Waals surface area (Å²) in [5, 5.41) is 0.0655. The van der Waals surface area contributed by atoms with Gasteiger partial charge in [-0.15, -0.1) is 0 Å². The van der Waals surface area contributed by atoms with Crippen LogP contribution in [0.15, 0.2) is 0 Å². The van der Waals surface area contributed by atoms with Gasteiger partial charge < -0.3 is 5.73 Å². The Morgan fingerprint density at radius 1 is 1.21 bits per heavy atom. The Hall–Kier alpha value is -1.14. The maximum atomic E-state index is 5.59. The zero-order chi connectivity index (χ0) is 10.8. The summed E-state index contributed by atoms with van der Waals surface area (Å²) in [5.74, 6) is 0.389. The minimum Gasteiger partial charge on any atom is -0.368 e. The fraction of sp³-hybridized carbons (Fsp3) is 0.571. The van der Waals surface area contributed by atoms with Crippen LogP contribution in [0.4, 0.5) is 11.9 Å². The third-order valence-electron chi connectivity index (χ3n) is 1.17. The fourth-order valence-electron chi connectivity index (χ4n) is 0.665. The molecule has 0 bridgehead atoms. The van der Waals surface area contributed by atoms with Crippen LogP contribution in [-0.2, 0) is 0 Å². The van der Waals surface area contributed by atoms with Crippen molar-refractivity contribution >= 4 is 23.5 Å². The topological polar surface area (TPSA) is 88.8 Å². The van der Waals surface area contributed by atoms with Gasteiger partial charge in [-0.3, -0.25) is 5.43 Å². The molecule has 0 saturated carbocycles. The third-order valence-corrected chi connectivity index (χ3v) is 1.34. The number of aromatic nitrogens is 3. The number of halogens is 1. The summed E-state index contributed by atoms with van der Waals surface area (Å²) in [4.78, 5) is 11.3. The standard InChI is InChI=1S/C7H13ClN6/c1-7(2,3)14-13-6-11-4(8)10-5(9)12-6/h14H,1-3H3,(H3,9,10,11,12,13). The lowest BCUT2D eigenvalue weighted by atomic mass is 10.1. The van der Waals surface area contributed by atoms with Crippen LogP contribution < -0.4 is 16.6 Å². The van der Waals surface area contributed by atoms with Crippen molar-refractivity contribution in [3.8, 4) is 0 Å². The number of nitrogens with one attached hydrogen (secondary N) is 2. The number of hydrazine groups is 1. The van der Waals surface area contributed by atoms with Crippen LogP contribution in [-0.4, -0.2) is 20.5 Å². The van der Waals surface area contributed by atoms with Gasteiger partial charge >= 0.3 is 0 Å². The number of hydrogen-bond donors (Lipinski definition) is 3. The highest BCUT2D eigenvalue weighted by atomic mass is 35.5. The quantitative estimate of drug-likeness (QED) is 0.635. The summed E-state index contributed by atoms with van der Waals surface area (Å²) in [6.07, 6.45) is 0. The first kappa shape index (κ1) is 10.9. The number of nitrogens with two attached hydrogens (primary N) is 1. The monoisotopic (exact) mass is 216 g/mol. The lowest BCUT2D eigenvalue weighted by Gasteiger charge is -2.20. The van der Waals surface area contributed by atoms with E-state index in [1.165, 1.54) is 0 Å². The molecule has 14 heavy (non-hydrogen) atoms. The molecule has 1 heterocycles. The maximum Gasteiger partial charge on any atom is 0.243 e. The first-order valence-electron chi connectivity index (χ1n) is 4.07. The van der Waals surface area contributed by atoms with Crippen molar-refractivity contribution < 1.29 is 0 Å². The summed E-state index contributed by atoms with van der Waals surface area (Å²) in [7, 11) is 0. The van der Waals surface area contributed by atoms with Gasteiger partial charge in [-0.1, -0.05) is 0 Å². The van der Waals surface area contributed by atoms with E-state index in [0.29, 0.717) is 5.95 Å². The van der Waals surface area contributed by atoms with Crippen LogP contribution in [0.1, 0.15) is 20.8 Å². The van der Waals surface area contributed by atoms with Crippen LogP contribution in [0.5, 0.6) is 0 Å². The van der Waals surface area contributed by atoms with E-state index in [4.69, 9.17) is 17.3 Å². The molecule has 0 radical (unpaired) electrons. The molecule has 4 N–H and O–H groups in total. The first-order valence-corrected chi connectivity index (χ1v) is 4.45. The van der Waals surface area contributed by atoms with Gasteiger partial charge in [0, 0.05) is 5.54 Å². The van der Waals surface area contributed by atoms with Crippen LogP contribution >= 0.6 is 11.6 Å². The highest BCUT2D eigenvalue weighted by molar-refractivity contribution is 6.28. The second kappa shape index (κ2) is 3.93. The molecule has 7 heteroatoms. The van der Waals surface area contributed by atoms with E-state index >= 15 is 0 Å². The van der Waals surface area contributed by atoms with E-state index < -0.39 is 0 Å². The molecule has 6 nitrogen and oxygen atoms in total. The average Bonchev–Trinajstić information content (AvgIpc) is 1.97. The Bertz CT molecular complexity index is 300.